The first-order valence-corrected chi connectivity index (χ1v) is 9.64. The molecule has 2 aromatic heterocycles. The van der Waals surface area contributed by atoms with Gasteiger partial charge in [0.15, 0.2) is 0 Å². The summed E-state index contributed by atoms with van der Waals surface area (Å²) in [6.45, 7) is 5.35. The number of hydrogen-bond donors (Lipinski definition) is 2. The molecule has 0 amide bonds. The predicted molar refractivity (Wildman–Crippen MR) is 107 cm³/mol. The summed E-state index contributed by atoms with van der Waals surface area (Å²) in [5, 5.41) is 14.1. The smallest absolute Gasteiger partial charge is 0.131 e. The van der Waals surface area contributed by atoms with Crippen LogP contribution in [-0.2, 0) is 5.60 Å². The number of aliphatic hydroxyl groups is 1. The van der Waals surface area contributed by atoms with Gasteiger partial charge in [-0.15, -0.1) is 0 Å². The summed E-state index contributed by atoms with van der Waals surface area (Å²) in [5.41, 5.74) is 2.28. The third-order valence-corrected chi connectivity index (χ3v) is 5.09. The number of nitrogens with zero attached hydrogens (tertiary/aromatic N) is 3. The molecule has 0 aliphatic carbocycles. The van der Waals surface area contributed by atoms with Gasteiger partial charge in [-0.1, -0.05) is 17.7 Å². The van der Waals surface area contributed by atoms with Crippen molar-refractivity contribution in [2.45, 2.75) is 38.3 Å². The fourth-order valence-corrected chi connectivity index (χ4v) is 3.54. The molecule has 2 aromatic rings. The van der Waals surface area contributed by atoms with Crippen molar-refractivity contribution in [3.63, 3.8) is 0 Å². The summed E-state index contributed by atoms with van der Waals surface area (Å²) >= 11 is 6.12. The van der Waals surface area contributed by atoms with E-state index in [1.807, 2.05) is 12.1 Å². The van der Waals surface area contributed by atoms with Crippen LogP contribution >= 0.6 is 11.6 Å². The zero-order chi connectivity index (χ0) is 19.4. The van der Waals surface area contributed by atoms with Crippen molar-refractivity contribution in [2.75, 3.05) is 31.6 Å². The third-order valence-electron chi connectivity index (χ3n) is 4.88. The lowest BCUT2D eigenvalue weighted by Gasteiger charge is -2.33. The van der Waals surface area contributed by atoms with Crippen molar-refractivity contribution in [3.8, 4) is 11.3 Å². The van der Waals surface area contributed by atoms with Crippen LogP contribution in [0.4, 0.5) is 10.1 Å². The Morgan fingerprint density at radius 1 is 1.33 bits per heavy atom. The van der Waals surface area contributed by atoms with E-state index in [1.165, 1.54) is 0 Å². The van der Waals surface area contributed by atoms with Crippen molar-refractivity contribution in [1.82, 2.24) is 14.9 Å². The average molecular weight is 393 g/mol. The highest BCUT2D eigenvalue weighted by Gasteiger charge is 2.21. The number of piperidine rings is 1. The first-order chi connectivity index (χ1) is 12.9. The molecule has 27 heavy (non-hydrogen) atoms. The SMILES string of the molecule is CC(C)(O)c1ccc(-c2cnc(Cl)cc2NC2CCCN(CCF)C2)nc1. The van der Waals surface area contributed by atoms with E-state index in [2.05, 4.69) is 20.2 Å². The van der Waals surface area contributed by atoms with E-state index in [9.17, 15) is 9.50 Å². The van der Waals surface area contributed by atoms with Crippen molar-refractivity contribution in [3.05, 3.63) is 41.3 Å². The number of likely N-dealkylation sites (tertiary alicyclic amines) is 1. The Bertz CT molecular complexity index is 762. The van der Waals surface area contributed by atoms with Crippen molar-refractivity contribution in [1.29, 1.82) is 0 Å². The molecule has 5 nitrogen and oxygen atoms in total. The molecule has 1 saturated heterocycles. The Kier molecular flexibility index (Phi) is 6.29. The van der Waals surface area contributed by atoms with Crippen LogP contribution in [0.15, 0.2) is 30.6 Å². The number of anilines is 1. The quantitative estimate of drug-likeness (QED) is 0.731. The Morgan fingerprint density at radius 3 is 2.81 bits per heavy atom. The van der Waals surface area contributed by atoms with Crippen molar-refractivity contribution >= 4 is 17.3 Å². The zero-order valence-electron chi connectivity index (χ0n) is 15.8. The van der Waals surface area contributed by atoms with Gasteiger partial charge in [-0.25, -0.2) is 9.37 Å². The predicted octanol–water partition coefficient (Wildman–Crippen LogP) is 3.87. The molecule has 1 aliphatic heterocycles. The normalized spacial score (nSPS) is 18.5. The molecule has 1 aliphatic rings. The molecule has 3 heterocycles. The number of nitrogens with one attached hydrogen (secondary N) is 1. The lowest BCUT2D eigenvalue weighted by atomic mass is 9.99. The second kappa shape index (κ2) is 8.50. The van der Waals surface area contributed by atoms with E-state index in [-0.39, 0.29) is 12.7 Å². The van der Waals surface area contributed by atoms with E-state index in [0.29, 0.717) is 11.7 Å². The van der Waals surface area contributed by atoms with Gasteiger partial charge in [0.2, 0.25) is 0 Å². The minimum absolute atomic E-state index is 0.221. The van der Waals surface area contributed by atoms with Crippen molar-refractivity contribution < 1.29 is 9.50 Å². The summed E-state index contributed by atoms with van der Waals surface area (Å²) in [6, 6.07) is 5.76. The maximum Gasteiger partial charge on any atom is 0.131 e. The Hall–Kier alpha value is -1.76. The van der Waals surface area contributed by atoms with Crippen LogP contribution in [0.25, 0.3) is 11.3 Å². The molecule has 2 N–H and O–H groups in total. The molecular weight excluding hydrogens is 367 g/mol. The molecular formula is C20H26ClFN4O. The number of alkyl halides is 1. The number of hydrogen-bond acceptors (Lipinski definition) is 5. The van der Waals surface area contributed by atoms with E-state index < -0.39 is 5.60 Å². The van der Waals surface area contributed by atoms with Crippen LogP contribution < -0.4 is 5.32 Å². The average Bonchev–Trinajstić information content (AvgIpc) is 2.62. The molecule has 0 saturated carbocycles. The van der Waals surface area contributed by atoms with Crippen LogP contribution in [-0.4, -0.2) is 52.3 Å². The summed E-state index contributed by atoms with van der Waals surface area (Å²) in [4.78, 5) is 10.8. The molecule has 7 heteroatoms. The topological polar surface area (TPSA) is 61.3 Å². The monoisotopic (exact) mass is 392 g/mol. The summed E-state index contributed by atoms with van der Waals surface area (Å²) < 4.78 is 12.7. The second-order valence-electron chi connectivity index (χ2n) is 7.52. The van der Waals surface area contributed by atoms with E-state index in [4.69, 9.17) is 11.6 Å². The molecule has 1 unspecified atom stereocenters. The summed E-state index contributed by atoms with van der Waals surface area (Å²) in [5.74, 6) is 0. The minimum atomic E-state index is -0.938. The summed E-state index contributed by atoms with van der Waals surface area (Å²) in [6.07, 6.45) is 5.44. The fourth-order valence-electron chi connectivity index (χ4n) is 3.38. The van der Waals surface area contributed by atoms with Gasteiger partial charge in [0.25, 0.3) is 0 Å². The first kappa shape index (κ1) is 20.0. The van der Waals surface area contributed by atoms with Gasteiger partial charge in [0.1, 0.15) is 11.8 Å². The molecule has 0 radical (unpaired) electrons. The second-order valence-corrected chi connectivity index (χ2v) is 7.90. The maximum atomic E-state index is 12.7. The van der Waals surface area contributed by atoms with E-state index in [0.717, 1.165) is 48.4 Å². The largest absolute Gasteiger partial charge is 0.386 e. The third kappa shape index (κ3) is 5.15. The number of aromatic nitrogens is 2. The van der Waals surface area contributed by atoms with Gasteiger partial charge in [0.05, 0.1) is 11.3 Å². The molecule has 1 atom stereocenters. The van der Waals surface area contributed by atoms with Crippen LogP contribution in [0, 0.1) is 0 Å². The number of rotatable bonds is 6. The maximum absolute atomic E-state index is 12.7. The number of pyridine rings is 2. The molecule has 3 rings (SSSR count). The number of halogens is 2. The van der Waals surface area contributed by atoms with Crippen LogP contribution in [0.3, 0.4) is 0 Å². The van der Waals surface area contributed by atoms with E-state index >= 15 is 0 Å². The lowest BCUT2D eigenvalue weighted by molar-refractivity contribution is 0.0782. The van der Waals surface area contributed by atoms with Gasteiger partial charge < -0.3 is 10.4 Å². The highest BCUT2D eigenvalue weighted by Crippen LogP contribution is 2.30. The minimum Gasteiger partial charge on any atom is -0.386 e. The zero-order valence-corrected chi connectivity index (χ0v) is 16.5. The van der Waals surface area contributed by atoms with Gasteiger partial charge in [-0.3, -0.25) is 9.88 Å². The Morgan fingerprint density at radius 2 is 2.15 bits per heavy atom. The highest BCUT2D eigenvalue weighted by atomic mass is 35.5. The first-order valence-electron chi connectivity index (χ1n) is 9.26. The van der Waals surface area contributed by atoms with Gasteiger partial charge in [-0.05, 0) is 45.4 Å². The van der Waals surface area contributed by atoms with Crippen LogP contribution in [0.1, 0.15) is 32.3 Å². The Labute approximate surface area is 164 Å². The Balaban J connectivity index is 1.83. The highest BCUT2D eigenvalue weighted by molar-refractivity contribution is 6.29. The van der Waals surface area contributed by atoms with E-state index in [1.54, 1.807) is 32.3 Å². The molecule has 0 spiro atoms. The fraction of sp³-hybridized carbons (Fsp3) is 0.500. The van der Waals surface area contributed by atoms with Gasteiger partial charge >= 0.3 is 0 Å². The molecule has 0 bridgehead atoms. The van der Waals surface area contributed by atoms with Crippen molar-refractivity contribution in [2.24, 2.45) is 0 Å². The van der Waals surface area contributed by atoms with Crippen LogP contribution in [0.2, 0.25) is 5.15 Å². The van der Waals surface area contributed by atoms with Crippen LogP contribution in [0.5, 0.6) is 0 Å². The molecule has 0 aromatic carbocycles. The summed E-state index contributed by atoms with van der Waals surface area (Å²) in [7, 11) is 0. The van der Waals surface area contributed by atoms with Gasteiger partial charge in [-0.2, -0.15) is 0 Å². The lowest BCUT2D eigenvalue weighted by Crippen LogP contribution is -2.42. The molecule has 146 valence electrons. The molecule has 1 fully saturated rings. The van der Waals surface area contributed by atoms with Gasteiger partial charge in [0, 0.05) is 48.3 Å². The standard InChI is InChI=1S/C20H26ClFN4O/c1-20(2,27)14-5-6-17(23-11-14)16-12-24-19(21)10-18(16)25-15-4-3-8-26(13-15)9-7-22/h5-6,10-12,15,27H,3-4,7-9,13H2,1-2H3,(H,24,25).